The Balaban J connectivity index is 1.80. The van der Waals surface area contributed by atoms with E-state index in [4.69, 9.17) is 0 Å². The van der Waals surface area contributed by atoms with Gasteiger partial charge in [0.2, 0.25) is 10.0 Å². The molecule has 0 fully saturated rings. The number of rotatable bonds is 7. The van der Waals surface area contributed by atoms with Crippen molar-refractivity contribution in [3.05, 3.63) is 75.7 Å². The standard InChI is InChI=1S/C20H22N2O4S2/c1-3-14-11-16(13(2)22-20(14)24)18-9-10-19(27-18)28(25,26)21-12-17(23)15-7-5-4-6-8-15/h4-11,17,21,23H,3,12H2,1-2H3,(H,22,24). The van der Waals surface area contributed by atoms with E-state index in [1.807, 2.05) is 19.1 Å². The van der Waals surface area contributed by atoms with Gasteiger partial charge in [-0.3, -0.25) is 4.79 Å². The number of nitrogens with one attached hydrogen (secondary N) is 2. The summed E-state index contributed by atoms with van der Waals surface area (Å²) in [5.74, 6) is 0. The number of aliphatic hydroxyl groups is 1. The lowest BCUT2D eigenvalue weighted by Crippen LogP contribution is -2.27. The third-order valence-corrected chi connectivity index (χ3v) is 7.49. The summed E-state index contributed by atoms with van der Waals surface area (Å²) in [7, 11) is -3.75. The predicted molar refractivity (Wildman–Crippen MR) is 111 cm³/mol. The largest absolute Gasteiger partial charge is 0.387 e. The van der Waals surface area contributed by atoms with Crippen molar-refractivity contribution in [1.82, 2.24) is 9.71 Å². The van der Waals surface area contributed by atoms with E-state index in [1.165, 1.54) is 6.07 Å². The van der Waals surface area contributed by atoms with Crippen LogP contribution in [0.25, 0.3) is 10.4 Å². The molecule has 2 heterocycles. The molecule has 148 valence electrons. The number of sulfonamides is 1. The molecule has 3 rings (SSSR count). The van der Waals surface area contributed by atoms with Gasteiger partial charge in [-0.15, -0.1) is 11.3 Å². The molecule has 0 amide bonds. The van der Waals surface area contributed by atoms with Crippen molar-refractivity contribution in [3.63, 3.8) is 0 Å². The number of aliphatic hydroxyl groups excluding tert-OH is 1. The topological polar surface area (TPSA) is 99.3 Å². The Labute approximate surface area is 167 Å². The lowest BCUT2D eigenvalue weighted by molar-refractivity contribution is 0.182. The average Bonchev–Trinajstić information content (AvgIpc) is 3.18. The van der Waals surface area contributed by atoms with Crippen LogP contribution in [0.3, 0.4) is 0 Å². The molecule has 0 saturated carbocycles. The number of benzene rings is 1. The lowest BCUT2D eigenvalue weighted by Gasteiger charge is -2.11. The molecule has 2 aromatic heterocycles. The minimum absolute atomic E-state index is 0.114. The summed E-state index contributed by atoms with van der Waals surface area (Å²) in [5, 5.41) is 10.2. The van der Waals surface area contributed by atoms with E-state index in [1.54, 1.807) is 37.3 Å². The molecular formula is C20H22N2O4S2. The summed E-state index contributed by atoms with van der Waals surface area (Å²) in [4.78, 5) is 15.5. The maximum Gasteiger partial charge on any atom is 0.251 e. The third kappa shape index (κ3) is 4.41. The zero-order valence-corrected chi connectivity index (χ0v) is 17.2. The number of hydrogen-bond acceptors (Lipinski definition) is 5. The van der Waals surface area contributed by atoms with Crippen molar-refractivity contribution in [2.24, 2.45) is 0 Å². The van der Waals surface area contributed by atoms with E-state index in [0.29, 0.717) is 23.2 Å². The summed E-state index contributed by atoms with van der Waals surface area (Å²) in [6.07, 6.45) is -0.332. The molecule has 1 aromatic carbocycles. The molecule has 3 N–H and O–H groups in total. The Morgan fingerprint density at radius 2 is 1.89 bits per heavy atom. The first-order chi connectivity index (χ1) is 13.3. The summed E-state index contributed by atoms with van der Waals surface area (Å²) < 4.78 is 27.8. The lowest BCUT2D eigenvalue weighted by atomic mass is 10.1. The van der Waals surface area contributed by atoms with Crippen LogP contribution in [0.5, 0.6) is 0 Å². The van der Waals surface area contributed by atoms with E-state index in [2.05, 4.69) is 9.71 Å². The summed E-state index contributed by atoms with van der Waals surface area (Å²) in [5.41, 5.74) is 2.69. The SMILES string of the molecule is CCc1cc(-c2ccc(S(=O)(=O)NCC(O)c3ccccc3)s2)c(C)[nH]c1=O. The van der Waals surface area contributed by atoms with Crippen LogP contribution in [0.1, 0.15) is 29.8 Å². The van der Waals surface area contributed by atoms with Gasteiger partial charge >= 0.3 is 0 Å². The van der Waals surface area contributed by atoms with Crippen LogP contribution in [0.15, 0.2) is 57.5 Å². The van der Waals surface area contributed by atoms with E-state index in [-0.39, 0.29) is 16.3 Å². The van der Waals surface area contributed by atoms with Crippen molar-refractivity contribution in [1.29, 1.82) is 0 Å². The Morgan fingerprint density at radius 3 is 2.57 bits per heavy atom. The predicted octanol–water partition coefficient (Wildman–Crippen LogP) is 2.99. The minimum Gasteiger partial charge on any atom is -0.387 e. The monoisotopic (exact) mass is 418 g/mol. The maximum absolute atomic E-state index is 12.6. The average molecular weight is 419 g/mol. The molecule has 0 bridgehead atoms. The highest BCUT2D eigenvalue weighted by Crippen LogP contribution is 2.32. The van der Waals surface area contributed by atoms with E-state index in [9.17, 15) is 18.3 Å². The van der Waals surface area contributed by atoms with E-state index in [0.717, 1.165) is 21.8 Å². The van der Waals surface area contributed by atoms with Gasteiger partial charge in [-0.05, 0) is 37.1 Å². The zero-order valence-electron chi connectivity index (χ0n) is 15.6. The minimum atomic E-state index is -3.75. The van der Waals surface area contributed by atoms with Gasteiger partial charge < -0.3 is 10.1 Å². The van der Waals surface area contributed by atoms with Gasteiger partial charge in [-0.25, -0.2) is 13.1 Å². The van der Waals surface area contributed by atoms with Gasteiger partial charge in [0.25, 0.3) is 5.56 Å². The van der Waals surface area contributed by atoms with Gasteiger partial charge in [0.15, 0.2) is 0 Å². The third-order valence-electron chi connectivity index (χ3n) is 4.46. The van der Waals surface area contributed by atoms with Crippen LogP contribution in [-0.4, -0.2) is 25.1 Å². The smallest absolute Gasteiger partial charge is 0.251 e. The number of aromatic amines is 1. The number of hydrogen-bond donors (Lipinski definition) is 3. The number of thiophene rings is 1. The molecule has 0 aliphatic rings. The van der Waals surface area contributed by atoms with Crippen LogP contribution in [0.4, 0.5) is 0 Å². The van der Waals surface area contributed by atoms with Gasteiger partial charge in [0, 0.05) is 28.2 Å². The molecule has 0 radical (unpaired) electrons. The van der Waals surface area contributed by atoms with Crippen molar-refractivity contribution in [3.8, 4) is 10.4 Å². The zero-order chi connectivity index (χ0) is 20.3. The van der Waals surface area contributed by atoms with Crippen LogP contribution < -0.4 is 10.3 Å². The van der Waals surface area contributed by atoms with Crippen molar-refractivity contribution >= 4 is 21.4 Å². The van der Waals surface area contributed by atoms with Crippen LogP contribution in [-0.2, 0) is 16.4 Å². The molecule has 1 unspecified atom stereocenters. The first kappa shape index (κ1) is 20.5. The van der Waals surface area contributed by atoms with Gasteiger partial charge in [-0.1, -0.05) is 37.3 Å². The molecular weight excluding hydrogens is 396 g/mol. The molecule has 3 aromatic rings. The molecule has 0 aliphatic heterocycles. The highest BCUT2D eigenvalue weighted by Gasteiger charge is 2.20. The van der Waals surface area contributed by atoms with Crippen LogP contribution in [0, 0.1) is 6.92 Å². The summed E-state index contributed by atoms with van der Waals surface area (Å²) in [6.45, 7) is 3.58. The van der Waals surface area contributed by atoms with Crippen molar-refractivity contribution < 1.29 is 13.5 Å². The molecule has 0 saturated heterocycles. The molecule has 28 heavy (non-hydrogen) atoms. The highest BCUT2D eigenvalue weighted by molar-refractivity contribution is 7.91. The molecule has 0 spiro atoms. The normalized spacial score (nSPS) is 12.8. The van der Waals surface area contributed by atoms with Crippen LogP contribution >= 0.6 is 11.3 Å². The summed E-state index contributed by atoms with van der Waals surface area (Å²) >= 11 is 1.13. The molecule has 8 heteroatoms. The Kier molecular flexibility index (Phi) is 6.14. The Morgan fingerprint density at radius 1 is 1.18 bits per heavy atom. The number of aryl methyl sites for hydroxylation is 2. The van der Waals surface area contributed by atoms with E-state index < -0.39 is 16.1 Å². The fraction of sp³-hybridized carbons (Fsp3) is 0.250. The fourth-order valence-corrected chi connectivity index (χ4v) is 5.31. The number of H-pyrrole nitrogens is 1. The second-order valence-corrected chi connectivity index (χ2v) is 9.49. The molecule has 6 nitrogen and oxygen atoms in total. The first-order valence-electron chi connectivity index (χ1n) is 8.87. The van der Waals surface area contributed by atoms with Gasteiger partial charge in [0.1, 0.15) is 4.21 Å². The highest BCUT2D eigenvalue weighted by atomic mass is 32.2. The number of aromatic nitrogens is 1. The maximum atomic E-state index is 12.6. The van der Waals surface area contributed by atoms with E-state index >= 15 is 0 Å². The van der Waals surface area contributed by atoms with Gasteiger partial charge in [-0.2, -0.15) is 0 Å². The number of pyridine rings is 1. The Bertz CT molecular complexity index is 1120. The van der Waals surface area contributed by atoms with Crippen molar-refractivity contribution in [2.45, 2.75) is 30.6 Å². The second-order valence-electron chi connectivity index (χ2n) is 6.41. The molecule has 1 atom stereocenters. The van der Waals surface area contributed by atoms with Crippen LogP contribution in [0.2, 0.25) is 0 Å². The van der Waals surface area contributed by atoms with Crippen molar-refractivity contribution in [2.75, 3.05) is 6.54 Å². The summed E-state index contributed by atoms with van der Waals surface area (Å²) in [6, 6.07) is 14.0. The fourth-order valence-electron chi connectivity index (χ4n) is 2.85. The second kappa shape index (κ2) is 8.40. The molecule has 0 aliphatic carbocycles. The quantitative estimate of drug-likeness (QED) is 0.549. The Hall–Kier alpha value is -2.26. The first-order valence-corrected chi connectivity index (χ1v) is 11.2. The van der Waals surface area contributed by atoms with Gasteiger partial charge in [0.05, 0.1) is 6.10 Å².